The van der Waals surface area contributed by atoms with E-state index in [1.54, 1.807) is 32.4 Å². The fourth-order valence-electron chi connectivity index (χ4n) is 2.80. The van der Waals surface area contributed by atoms with Crippen molar-refractivity contribution in [2.45, 2.75) is 32.1 Å². The molecule has 1 aromatic carbocycles. The Morgan fingerprint density at radius 3 is 2.71 bits per heavy atom. The lowest BCUT2D eigenvalue weighted by atomic mass is 10.2. The first-order valence-electron chi connectivity index (χ1n) is 8.21. The predicted molar refractivity (Wildman–Crippen MR) is 91.7 cm³/mol. The van der Waals surface area contributed by atoms with E-state index in [0.29, 0.717) is 35.9 Å². The van der Waals surface area contributed by atoms with Crippen molar-refractivity contribution < 1.29 is 18.7 Å². The third-order valence-electron chi connectivity index (χ3n) is 4.44. The molecule has 0 spiro atoms. The molecule has 128 valence electrons. The van der Waals surface area contributed by atoms with Crippen LogP contribution in [0.15, 0.2) is 34.7 Å². The second-order valence-electron chi connectivity index (χ2n) is 6.24. The molecule has 0 saturated heterocycles. The molecule has 3 rings (SSSR count). The van der Waals surface area contributed by atoms with Gasteiger partial charge in [-0.3, -0.25) is 4.79 Å². The van der Waals surface area contributed by atoms with Crippen LogP contribution in [-0.2, 0) is 11.2 Å². The topological polar surface area (TPSA) is 60.7 Å². The summed E-state index contributed by atoms with van der Waals surface area (Å²) in [6.07, 6.45) is 2.15. The van der Waals surface area contributed by atoms with E-state index >= 15 is 0 Å². The zero-order valence-corrected chi connectivity index (χ0v) is 14.3. The second-order valence-corrected chi connectivity index (χ2v) is 6.24. The van der Waals surface area contributed by atoms with Crippen LogP contribution in [0.5, 0.6) is 11.5 Å². The summed E-state index contributed by atoms with van der Waals surface area (Å²) in [5.41, 5.74) is 0.634. The van der Waals surface area contributed by atoms with E-state index in [0.717, 1.165) is 17.4 Å². The minimum Gasteiger partial charge on any atom is -0.497 e. The summed E-state index contributed by atoms with van der Waals surface area (Å²) in [5, 5.41) is 2.87. The molecule has 0 bridgehead atoms. The Labute approximate surface area is 141 Å². The molecule has 1 amide bonds. The van der Waals surface area contributed by atoms with Crippen LogP contribution in [0.2, 0.25) is 0 Å². The summed E-state index contributed by atoms with van der Waals surface area (Å²) in [6.45, 7) is 2.22. The first-order chi connectivity index (χ1) is 11.6. The maximum Gasteiger partial charge on any atom is 0.224 e. The Bertz CT molecular complexity index is 722. The van der Waals surface area contributed by atoms with Crippen LogP contribution >= 0.6 is 0 Å². The fraction of sp³-hybridized carbons (Fsp3) is 0.421. The van der Waals surface area contributed by atoms with Gasteiger partial charge in [0.2, 0.25) is 5.91 Å². The van der Waals surface area contributed by atoms with Crippen LogP contribution < -0.4 is 14.8 Å². The number of anilines is 1. The average molecular weight is 329 g/mol. The highest BCUT2D eigenvalue weighted by Crippen LogP contribution is 2.47. The number of rotatable bonds is 7. The number of furan rings is 1. The number of hydrogen-bond acceptors (Lipinski definition) is 4. The quantitative estimate of drug-likeness (QED) is 0.834. The van der Waals surface area contributed by atoms with Gasteiger partial charge in [0.05, 0.1) is 19.9 Å². The van der Waals surface area contributed by atoms with Crippen LogP contribution in [0, 0.1) is 5.92 Å². The highest BCUT2D eigenvalue weighted by Gasteiger charge is 2.36. The summed E-state index contributed by atoms with van der Waals surface area (Å²) in [6, 6.07) is 9.31. The Morgan fingerprint density at radius 2 is 2.04 bits per heavy atom. The number of nitrogens with one attached hydrogen (secondary N) is 1. The SMILES string of the molecule is COc1ccc(NC(=O)CCc2ccc([C@H]3C[C@@H]3C)o2)c(OC)c1. The minimum atomic E-state index is -0.0730. The molecule has 24 heavy (non-hydrogen) atoms. The van der Waals surface area contributed by atoms with Crippen molar-refractivity contribution in [2.75, 3.05) is 19.5 Å². The van der Waals surface area contributed by atoms with Gasteiger partial charge in [-0.25, -0.2) is 0 Å². The molecule has 1 heterocycles. The van der Waals surface area contributed by atoms with Crippen molar-refractivity contribution in [2.24, 2.45) is 5.92 Å². The normalized spacial score (nSPS) is 19.0. The molecule has 5 nitrogen and oxygen atoms in total. The van der Waals surface area contributed by atoms with Crippen LogP contribution in [0.1, 0.15) is 37.2 Å². The maximum absolute atomic E-state index is 12.2. The molecular weight excluding hydrogens is 306 g/mol. The molecule has 1 fully saturated rings. The van der Waals surface area contributed by atoms with Crippen molar-refractivity contribution in [3.05, 3.63) is 41.9 Å². The molecule has 0 unspecified atom stereocenters. The Balaban J connectivity index is 1.55. The van der Waals surface area contributed by atoms with Crippen LogP contribution in [0.3, 0.4) is 0 Å². The minimum absolute atomic E-state index is 0.0730. The number of carbonyl (C=O) groups is 1. The number of amides is 1. The van der Waals surface area contributed by atoms with E-state index in [2.05, 4.69) is 12.2 Å². The monoisotopic (exact) mass is 329 g/mol. The highest BCUT2D eigenvalue weighted by atomic mass is 16.5. The number of carbonyl (C=O) groups excluding carboxylic acids is 1. The molecule has 1 aromatic heterocycles. The van der Waals surface area contributed by atoms with Crippen LogP contribution in [0.4, 0.5) is 5.69 Å². The van der Waals surface area contributed by atoms with Gasteiger partial charge in [-0.15, -0.1) is 0 Å². The van der Waals surface area contributed by atoms with Gasteiger partial charge in [0.15, 0.2) is 0 Å². The van der Waals surface area contributed by atoms with Gasteiger partial charge in [0.1, 0.15) is 23.0 Å². The van der Waals surface area contributed by atoms with E-state index in [4.69, 9.17) is 13.9 Å². The third-order valence-corrected chi connectivity index (χ3v) is 4.44. The standard InChI is InChI=1S/C19H23NO4/c1-12-10-15(12)17-8-5-13(24-17)6-9-19(21)20-16-7-4-14(22-2)11-18(16)23-3/h4-5,7-8,11-12,15H,6,9-10H2,1-3H3,(H,20,21)/t12-,15-/m0/s1. The van der Waals surface area contributed by atoms with Crippen molar-refractivity contribution in [3.8, 4) is 11.5 Å². The molecule has 0 aliphatic heterocycles. The average Bonchev–Trinajstić information content (AvgIpc) is 3.13. The van der Waals surface area contributed by atoms with Gasteiger partial charge in [-0.2, -0.15) is 0 Å². The van der Waals surface area contributed by atoms with Gasteiger partial charge in [0.25, 0.3) is 0 Å². The van der Waals surface area contributed by atoms with E-state index < -0.39 is 0 Å². The second kappa shape index (κ2) is 6.99. The van der Waals surface area contributed by atoms with Gasteiger partial charge in [-0.1, -0.05) is 6.92 Å². The molecular formula is C19H23NO4. The largest absolute Gasteiger partial charge is 0.497 e. The van der Waals surface area contributed by atoms with Gasteiger partial charge in [-0.05, 0) is 36.6 Å². The summed E-state index contributed by atoms with van der Waals surface area (Å²) < 4.78 is 16.3. The number of benzene rings is 1. The molecule has 1 N–H and O–H groups in total. The van der Waals surface area contributed by atoms with E-state index in [-0.39, 0.29) is 5.91 Å². The molecule has 2 aromatic rings. The van der Waals surface area contributed by atoms with Gasteiger partial charge >= 0.3 is 0 Å². The smallest absolute Gasteiger partial charge is 0.224 e. The maximum atomic E-state index is 12.2. The number of methoxy groups -OCH3 is 2. The van der Waals surface area contributed by atoms with Crippen molar-refractivity contribution >= 4 is 11.6 Å². The lowest BCUT2D eigenvalue weighted by Gasteiger charge is -2.11. The van der Waals surface area contributed by atoms with Crippen molar-refractivity contribution in [1.29, 1.82) is 0 Å². The molecule has 5 heteroatoms. The number of aryl methyl sites for hydroxylation is 1. The molecule has 2 atom stereocenters. The molecule has 1 aliphatic rings. The zero-order chi connectivity index (χ0) is 17.1. The molecule has 1 aliphatic carbocycles. The highest BCUT2D eigenvalue weighted by molar-refractivity contribution is 5.92. The fourth-order valence-corrected chi connectivity index (χ4v) is 2.80. The van der Waals surface area contributed by atoms with Crippen LogP contribution in [0.25, 0.3) is 0 Å². The summed E-state index contributed by atoms with van der Waals surface area (Å²) in [7, 11) is 3.15. The predicted octanol–water partition coefficient (Wildman–Crippen LogP) is 3.99. The zero-order valence-electron chi connectivity index (χ0n) is 14.3. The van der Waals surface area contributed by atoms with Crippen molar-refractivity contribution in [3.63, 3.8) is 0 Å². The number of hydrogen-bond donors (Lipinski definition) is 1. The molecule has 1 saturated carbocycles. The van der Waals surface area contributed by atoms with Crippen LogP contribution in [-0.4, -0.2) is 20.1 Å². The Kier molecular flexibility index (Phi) is 4.79. The van der Waals surface area contributed by atoms with Gasteiger partial charge in [0, 0.05) is 24.8 Å². The third kappa shape index (κ3) is 3.72. The van der Waals surface area contributed by atoms with E-state index in [1.807, 2.05) is 12.1 Å². The molecule has 0 radical (unpaired) electrons. The van der Waals surface area contributed by atoms with E-state index in [9.17, 15) is 4.79 Å². The first-order valence-corrected chi connectivity index (χ1v) is 8.21. The lowest BCUT2D eigenvalue weighted by Crippen LogP contribution is -2.13. The number of ether oxygens (including phenoxy) is 2. The van der Waals surface area contributed by atoms with Gasteiger partial charge < -0.3 is 19.2 Å². The Morgan fingerprint density at radius 1 is 1.25 bits per heavy atom. The van der Waals surface area contributed by atoms with Crippen molar-refractivity contribution in [1.82, 2.24) is 0 Å². The lowest BCUT2D eigenvalue weighted by molar-refractivity contribution is -0.116. The summed E-state index contributed by atoms with van der Waals surface area (Å²) in [5.74, 6) is 4.38. The van der Waals surface area contributed by atoms with E-state index in [1.165, 1.54) is 6.42 Å². The Hall–Kier alpha value is -2.43. The summed E-state index contributed by atoms with van der Waals surface area (Å²) in [4.78, 5) is 12.2. The first kappa shape index (κ1) is 16.4. The summed E-state index contributed by atoms with van der Waals surface area (Å²) >= 11 is 0.